The summed E-state index contributed by atoms with van der Waals surface area (Å²) in [5.74, 6) is 1.59. The minimum atomic E-state index is -0.688. The Morgan fingerprint density at radius 2 is 2.24 bits per heavy atom. The van der Waals surface area contributed by atoms with Crippen LogP contribution in [0.15, 0.2) is 30.5 Å². The highest BCUT2D eigenvalue weighted by atomic mass is 127. The van der Waals surface area contributed by atoms with Crippen LogP contribution in [-0.2, 0) is 11.3 Å². The second-order valence-electron chi connectivity index (χ2n) is 8.01. The summed E-state index contributed by atoms with van der Waals surface area (Å²) in [4.78, 5) is 14.2. The van der Waals surface area contributed by atoms with E-state index in [1.54, 1.807) is 0 Å². The van der Waals surface area contributed by atoms with E-state index < -0.39 is 5.60 Å². The minimum Gasteiger partial charge on any atom is -0.392 e. The van der Waals surface area contributed by atoms with Gasteiger partial charge in [-0.2, -0.15) is 0 Å². The standard InChI is InChI=1S/C21H27IN4O3/c1-21(28,14-22)5-6-25-11-17-13-29-8-7-26(17)20-18(25)10-23-19(24-20)16-4-2-3-15(9-16)12-27/h2-4,9-10,17,27-28H,5-8,11-14H2,1H3/t17-,21?/m1/s1. The highest BCUT2D eigenvalue weighted by Gasteiger charge is 2.35. The first-order valence-corrected chi connectivity index (χ1v) is 11.5. The zero-order valence-corrected chi connectivity index (χ0v) is 18.7. The molecule has 1 aromatic heterocycles. The lowest BCUT2D eigenvalue weighted by Crippen LogP contribution is -2.56. The second-order valence-corrected chi connectivity index (χ2v) is 8.77. The van der Waals surface area contributed by atoms with Gasteiger partial charge in [0.2, 0.25) is 0 Å². The van der Waals surface area contributed by atoms with Crippen molar-refractivity contribution in [2.75, 3.05) is 47.1 Å². The normalized spacial score (nSPS) is 20.8. The molecule has 0 aliphatic carbocycles. The number of morpholine rings is 1. The van der Waals surface area contributed by atoms with E-state index in [9.17, 15) is 10.2 Å². The average Bonchev–Trinajstić information content (AvgIpc) is 2.77. The number of halogens is 1. The van der Waals surface area contributed by atoms with E-state index in [-0.39, 0.29) is 12.6 Å². The van der Waals surface area contributed by atoms with Gasteiger partial charge in [-0.1, -0.05) is 40.8 Å². The molecule has 2 aliphatic rings. The van der Waals surface area contributed by atoms with Crippen LogP contribution < -0.4 is 9.80 Å². The summed E-state index contributed by atoms with van der Waals surface area (Å²) in [5.41, 5.74) is 2.06. The van der Waals surface area contributed by atoms with E-state index in [0.29, 0.717) is 29.9 Å². The molecule has 0 radical (unpaired) electrons. The monoisotopic (exact) mass is 510 g/mol. The average molecular weight is 510 g/mol. The Morgan fingerprint density at radius 1 is 1.38 bits per heavy atom. The molecule has 156 valence electrons. The molecule has 7 nitrogen and oxygen atoms in total. The second kappa shape index (κ2) is 8.71. The lowest BCUT2D eigenvalue weighted by atomic mass is 10.0. The first-order valence-electron chi connectivity index (χ1n) is 9.95. The first-order chi connectivity index (χ1) is 14.0. The van der Waals surface area contributed by atoms with E-state index in [0.717, 1.165) is 42.3 Å². The van der Waals surface area contributed by atoms with Crippen LogP contribution in [-0.4, -0.2) is 69.1 Å². The molecule has 1 unspecified atom stereocenters. The van der Waals surface area contributed by atoms with E-state index in [1.807, 2.05) is 37.4 Å². The van der Waals surface area contributed by atoms with Crippen molar-refractivity contribution in [1.82, 2.24) is 9.97 Å². The molecule has 2 aliphatic heterocycles. The van der Waals surface area contributed by atoms with Gasteiger partial charge in [0.1, 0.15) is 0 Å². The minimum absolute atomic E-state index is 0.00512. The Labute approximate surface area is 184 Å². The third-order valence-electron chi connectivity index (χ3n) is 5.60. The summed E-state index contributed by atoms with van der Waals surface area (Å²) in [6.07, 6.45) is 2.58. The number of ether oxygens (including phenoxy) is 1. The number of hydrogen-bond donors (Lipinski definition) is 2. The molecular weight excluding hydrogens is 483 g/mol. The predicted octanol–water partition coefficient (Wildman–Crippen LogP) is 2.24. The van der Waals surface area contributed by atoms with Gasteiger partial charge in [-0.25, -0.2) is 9.97 Å². The van der Waals surface area contributed by atoms with Crippen LogP contribution in [0, 0.1) is 0 Å². The molecule has 1 fully saturated rings. The van der Waals surface area contributed by atoms with Gasteiger partial charge in [-0.15, -0.1) is 0 Å². The maximum atomic E-state index is 10.5. The molecule has 0 saturated carbocycles. The number of aliphatic hydroxyl groups is 2. The summed E-state index contributed by atoms with van der Waals surface area (Å²) in [5, 5.41) is 19.9. The van der Waals surface area contributed by atoms with Crippen LogP contribution in [0.2, 0.25) is 0 Å². The maximum absolute atomic E-state index is 10.5. The van der Waals surface area contributed by atoms with Gasteiger partial charge >= 0.3 is 0 Å². The van der Waals surface area contributed by atoms with E-state index >= 15 is 0 Å². The molecule has 0 spiro atoms. The third-order valence-corrected chi connectivity index (χ3v) is 7.24. The molecule has 3 heterocycles. The van der Waals surface area contributed by atoms with Crippen LogP contribution in [0.3, 0.4) is 0 Å². The van der Waals surface area contributed by atoms with Gasteiger partial charge in [-0.05, 0) is 25.0 Å². The Morgan fingerprint density at radius 3 is 3.03 bits per heavy atom. The van der Waals surface area contributed by atoms with Gasteiger partial charge < -0.3 is 24.7 Å². The largest absolute Gasteiger partial charge is 0.392 e. The lowest BCUT2D eigenvalue weighted by Gasteiger charge is -2.46. The van der Waals surface area contributed by atoms with Crippen molar-refractivity contribution in [2.45, 2.75) is 31.6 Å². The topological polar surface area (TPSA) is 82.0 Å². The van der Waals surface area contributed by atoms with Crippen molar-refractivity contribution < 1.29 is 14.9 Å². The number of hydrogen-bond acceptors (Lipinski definition) is 7. The van der Waals surface area contributed by atoms with Crippen molar-refractivity contribution in [2.24, 2.45) is 0 Å². The Kier molecular flexibility index (Phi) is 6.24. The smallest absolute Gasteiger partial charge is 0.161 e. The molecule has 8 heteroatoms. The summed E-state index contributed by atoms with van der Waals surface area (Å²) >= 11 is 2.23. The van der Waals surface area contributed by atoms with Gasteiger partial charge in [0.15, 0.2) is 11.6 Å². The van der Waals surface area contributed by atoms with Gasteiger partial charge in [0.25, 0.3) is 0 Å². The fourth-order valence-electron chi connectivity index (χ4n) is 3.84. The summed E-state index contributed by atoms with van der Waals surface area (Å²) in [6.45, 7) is 5.65. The number of nitrogens with zero attached hydrogens (tertiary/aromatic N) is 4. The van der Waals surface area contributed by atoms with Crippen molar-refractivity contribution in [3.63, 3.8) is 0 Å². The molecule has 2 aromatic rings. The molecule has 29 heavy (non-hydrogen) atoms. The number of aliphatic hydroxyl groups excluding tert-OH is 1. The Hall–Kier alpha value is -1.49. The number of benzene rings is 1. The van der Waals surface area contributed by atoms with Gasteiger partial charge in [-0.3, -0.25) is 0 Å². The fraction of sp³-hybridized carbons (Fsp3) is 0.524. The summed E-state index contributed by atoms with van der Waals surface area (Å²) < 4.78 is 6.42. The number of aromatic nitrogens is 2. The highest BCUT2D eigenvalue weighted by Crippen LogP contribution is 2.36. The zero-order valence-electron chi connectivity index (χ0n) is 16.6. The molecule has 4 rings (SSSR count). The highest BCUT2D eigenvalue weighted by molar-refractivity contribution is 14.1. The summed E-state index contributed by atoms with van der Waals surface area (Å²) in [7, 11) is 0. The predicted molar refractivity (Wildman–Crippen MR) is 122 cm³/mol. The van der Waals surface area contributed by atoms with Crippen LogP contribution >= 0.6 is 22.6 Å². The number of rotatable bonds is 6. The third kappa shape index (κ3) is 4.50. The first kappa shape index (κ1) is 20.8. The molecule has 0 bridgehead atoms. The SMILES string of the molecule is CC(O)(CI)CCN1C[C@@H]2COCCN2c2nc(-c3cccc(CO)c3)ncc21. The molecule has 1 aromatic carbocycles. The van der Waals surface area contributed by atoms with Gasteiger partial charge in [0.05, 0.1) is 43.3 Å². The van der Waals surface area contributed by atoms with E-state index in [2.05, 4.69) is 37.4 Å². The van der Waals surface area contributed by atoms with Crippen molar-refractivity contribution in [3.8, 4) is 11.4 Å². The quantitative estimate of drug-likeness (QED) is 0.456. The molecule has 0 amide bonds. The number of alkyl halides is 1. The van der Waals surface area contributed by atoms with Crippen molar-refractivity contribution in [3.05, 3.63) is 36.0 Å². The van der Waals surface area contributed by atoms with Crippen LogP contribution in [0.5, 0.6) is 0 Å². The molecular formula is C21H27IN4O3. The molecule has 1 saturated heterocycles. The fourth-order valence-corrected chi connectivity index (χ4v) is 4.22. The van der Waals surface area contributed by atoms with E-state index in [1.165, 1.54) is 0 Å². The van der Waals surface area contributed by atoms with E-state index in [4.69, 9.17) is 9.72 Å². The zero-order chi connectivity index (χ0) is 20.4. The van der Waals surface area contributed by atoms with Crippen molar-refractivity contribution in [1.29, 1.82) is 0 Å². The lowest BCUT2D eigenvalue weighted by molar-refractivity contribution is 0.0785. The Balaban J connectivity index is 1.68. The molecule has 2 atom stereocenters. The Bertz CT molecular complexity index is 864. The number of anilines is 2. The van der Waals surface area contributed by atoms with Crippen LogP contribution in [0.4, 0.5) is 11.5 Å². The van der Waals surface area contributed by atoms with Crippen molar-refractivity contribution >= 4 is 34.1 Å². The van der Waals surface area contributed by atoms with Crippen LogP contribution in [0.25, 0.3) is 11.4 Å². The molecule has 2 N–H and O–H groups in total. The maximum Gasteiger partial charge on any atom is 0.161 e. The van der Waals surface area contributed by atoms with Crippen LogP contribution in [0.1, 0.15) is 18.9 Å². The van der Waals surface area contributed by atoms with Gasteiger partial charge in [0, 0.05) is 29.6 Å². The summed E-state index contributed by atoms with van der Waals surface area (Å²) in [6, 6.07) is 7.94. The number of fused-ring (bicyclic) bond motifs is 3.